The van der Waals surface area contributed by atoms with Gasteiger partial charge in [0.2, 0.25) is 0 Å². The van der Waals surface area contributed by atoms with Gasteiger partial charge >= 0.3 is 6.03 Å². The van der Waals surface area contributed by atoms with Gasteiger partial charge in [-0.25, -0.2) is 4.79 Å². The number of aryl methyl sites for hydroxylation is 1. The van der Waals surface area contributed by atoms with E-state index in [9.17, 15) is 4.79 Å². The molecule has 6 heteroatoms. The van der Waals surface area contributed by atoms with Crippen LogP contribution in [0.5, 0.6) is 0 Å². The summed E-state index contributed by atoms with van der Waals surface area (Å²) in [6, 6.07) is -0.136. The highest BCUT2D eigenvalue weighted by atomic mass is 16.3. The lowest BCUT2D eigenvalue weighted by molar-refractivity contribution is 0.210. The van der Waals surface area contributed by atoms with Crippen molar-refractivity contribution in [3.8, 4) is 0 Å². The number of amides is 2. The van der Waals surface area contributed by atoms with Gasteiger partial charge in [0.15, 0.2) is 0 Å². The third-order valence-electron chi connectivity index (χ3n) is 4.03. The zero-order valence-electron chi connectivity index (χ0n) is 13.1. The second kappa shape index (κ2) is 6.93. The largest absolute Gasteiger partial charge is 0.394 e. The fourth-order valence-corrected chi connectivity index (χ4v) is 2.83. The number of rotatable bonds is 5. The Kier molecular flexibility index (Phi) is 5.22. The lowest BCUT2D eigenvalue weighted by atomic mass is 9.93. The molecule has 0 radical (unpaired) electrons. The Morgan fingerprint density at radius 1 is 1.57 bits per heavy atom. The molecule has 0 saturated heterocycles. The van der Waals surface area contributed by atoms with E-state index < -0.39 is 0 Å². The number of nitrogens with zero attached hydrogens (tertiary/aromatic N) is 2. The first-order valence-corrected chi connectivity index (χ1v) is 7.81. The van der Waals surface area contributed by atoms with Crippen LogP contribution in [0.3, 0.4) is 0 Å². The number of carbonyl (C=O) groups is 1. The van der Waals surface area contributed by atoms with Crippen molar-refractivity contribution in [1.29, 1.82) is 0 Å². The molecule has 0 spiro atoms. The van der Waals surface area contributed by atoms with Gasteiger partial charge in [0.1, 0.15) is 0 Å². The summed E-state index contributed by atoms with van der Waals surface area (Å²) in [6.07, 6.45) is 5.64. The molecule has 1 aromatic rings. The summed E-state index contributed by atoms with van der Waals surface area (Å²) in [5.74, 6) is 0. The van der Waals surface area contributed by atoms with Gasteiger partial charge in [-0.1, -0.05) is 6.92 Å². The van der Waals surface area contributed by atoms with Gasteiger partial charge in [-0.05, 0) is 45.1 Å². The zero-order chi connectivity index (χ0) is 15.4. The number of fused-ring (bicyclic) bond motifs is 1. The van der Waals surface area contributed by atoms with E-state index in [1.54, 1.807) is 0 Å². The molecule has 2 rings (SSSR count). The van der Waals surface area contributed by atoms with Gasteiger partial charge in [0.25, 0.3) is 0 Å². The summed E-state index contributed by atoms with van der Waals surface area (Å²) < 4.78 is 2.00. The lowest BCUT2D eigenvalue weighted by Crippen LogP contribution is -2.45. The molecule has 2 amide bonds. The fourth-order valence-electron chi connectivity index (χ4n) is 2.83. The Labute approximate surface area is 125 Å². The first kappa shape index (κ1) is 15.8. The summed E-state index contributed by atoms with van der Waals surface area (Å²) in [5.41, 5.74) is 2.36. The zero-order valence-corrected chi connectivity index (χ0v) is 13.1. The van der Waals surface area contributed by atoms with Crippen LogP contribution in [0.4, 0.5) is 4.79 Å². The number of aliphatic hydroxyl groups is 1. The van der Waals surface area contributed by atoms with E-state index >= 15 is 0 Å². The Balaban J connectivity index is 2.09. The molecule has 1 aliphatic rings. The molecule has 6 nitrogen and oxygen atoms in total. The van der Waals surface area contributed by atoms with E-state index in [4.69, 9.17) is 5.11 Å². The SMILES string of the molecule is CC[C@@H](CO)NC(=O)N[C@@H]1CCCc2cnn(C(C)C)c21. The highest BCUT2D eigenvalue weighted by Crippen LogP contribution is 2.31. The topological polar surface area (TPSA) is 79.2 Å². The Morgan fingerprint density at radius 3 is 2.95 bits per heavy atom. The van der Waals surface area contributed by atoms with Crippen molar-refractivity contribution in [2.75, 3.05) is 6.61 Å². The van der Waals surface area contributed by atoms with Gasteiger partial charge in [0, 0.05) is 6.04 Å². The first-order valence-electron chi connectivity index (χ1n) is 7.81. The molecule has 1 aliphatic carbocycles. The maximum absolute atomic E-state index is 12.1. The molecule has 1 aromatic heterocycles. The van der Waals surface area contributed by atoms with Crippen molar-refractivity contribution in [3.05, 3.63) is 17.5 Å². The lowest BCUT2D eigenvalue weighted by Gasteiger charge is -2.27. The van der Waals surface area contributed by atoms with Crippen molar-refractivity contribution in [2.24, 2.45) is 0 Å². The second-order valence-electron chi connectivity index (χ2n) is 5.94. The highest BCUT2D eigenvalue weighted by Gasteiger charge is 2.27. The molecule has 0 unspecified atom stereocenters. The van der Waals surface area contributed by atoms with Gasteiger partial charge < -0.3 is 15.7 Å². The molecule has 21 heavy (non-hydrogen) atoms. The van der Waals surface area contributed by atoms with Crippen LogP contribution < -0.4 is 10.6 Å². The van der Waals surface area contributed by atoms with Crippen molar-refractivity contribution in [2.45, 2.75) is 64.6 Å². The third kappa shape index (κ3) is 3.56. The van der Waals surface area contributed by atoms with E-state index in [2.05, 4.69) is 29.6 Å². The van der Waals surface area contributed by atoms with Crippen LogP contribution >= 0.6 is 0 Å². The van der Waals surface area contributed by atoms with Crippen molar-refractivity contribution >= 4 is 6.03 Å². The molecule has 2 atom stereocenters. The maximum atomic E-state index is 12.1. The van der Waals surface area contributed by atoms with Crippen LogP contribution in [-0.2, 0) is 6.42 Å². The van der Waals surface area contributed by atoms with Crippen LogP contribution in [0.15, 0.2) is 6.20 Å². The number of carbonyl (C=O) groups excluding carboxylic acids is 1. The van der Waals surface area contributed by atoms with Crippen molar-refractivity contribution in [3.63, 3.8) is 0 Å². The van der Waals surface area contributed by atoms with Gasteiger partial charge in [0.05, 0.1) is 30.6 Å². The van der Waals surface area contributed by atoms with Crippen molar-refractivity contribution in [1.82, 2.24) is 20.4 Å². The van der Waals surface area contributed by atoms with Gasteiger partial charge in [-0.15, -0.1) is 0 Å². The standard InChI is InChI=1S/C15H26N4O2/c1-4-12(9-20)17-15(21)18-13-7-5-6-11-8-16-19(10(2)3)14(11)13/h8,10,12-13,20H,4-7,9H2,1-3H3,(H2,17,18,21)/t12-,13+/m0/s1. The Hall–Kier alpha value is -1.56. The molecule has 0 bridgehead atoms. The van der Waals surface area contributed by atoms with Gasteiger partial charge in [-0.3, -0.25) is 4.68 Å². The summed E-state index contributed by atoms with van der Waals surface area (Å²) in [5, 5.41) is 19.5. The highest BCUT2D eigenvalue weighted by molar-refractivity contribution is 5.74. The molecule has 118 valence electrons. The Bertz CT molecular complexity index is 480. The predicted octanol–water partition coefficient (Wildman–Crippen LogP) is 1.91. The molecule has 1 heterocycles. The third-order valence-corrected chi connectivity index (χ3v) is 4.03. The minimum atomic E-state index is -0.217. The molecular formula is C15H26N4O2. The summed E-state index contributed by atoms with van der Waals surface area (Å²) >= 11 is 0. The minimum absolute atomic E-state index is 0.00477. The van der Waals surface area contributed by atoms with E-state index in [0.29, 0.717) is 6.42 Å². The minimum Gasteiger partial charge on any atom is -0.394 e. The summed E-state index contributed by atoms with van der Waals surface area (Å²) in [6.45, 7) is 6.09. The molecule has 0 fully saturated rings. The van der Waals surface area contributed by atoms with Crippen LogP contribution in [0.1, 0.15) is 63.4 Å². The first-order chi connectivity index (χ1) is 10.1. The summed E-state index contributed by atoms with van der Waals surface area (Å²) in [7, 11) is 0. The molecule has 0 aliphatic heterocycles. The molecular weight excluding hydrogens is 268 g/mol. The molecule has 0 saturated carbocycles. The number of aromatic nitrogens is 2. The maximum Gasteiger partial charge on any atom is 0.315 e. The molecule has 0 aromatic carbocycles. The smallest absolute Gasteiger partial charge is 0.315 e. The Morgan fingerprint density at radius 2 is 2.33 bits per heavy atom. The number of hydrogen-bond acceptors (Lipinski definition) is 3. The predicted molar refractivity (Wildman–Crippen MR) is 81.1 cm³/mol. The number of hydrogen-bond donors (Lipinski definition) is 3. The average Bonchev–Trinajstić information content (AvgIpc) is 2.90. The van der Waals surface area contributed by atoms with E-state index in [-0.39, 0.29) is 30.8 Å². The van der Waals surface area contributed by atoms with Crippen LogP contribution in [0, 0.1) is 0 Å². The second-order valence-corrected chi connectivity index (χ2v) is 5.94. The number of nitrogens with one attached hydrogen (secondary N) is 2. The number of urea groups is 1. The monoisotopic (exact) mass is 294 g/mol. The van der Waals surface area contributed by atoms with Crippen LogP contribution in [0.2, 0.25) is 0 Å². The normalized spacial score (nSPS) is 19.2. The number of aliphatic hydroxyl groups excluding tert-OH is 1. The van der Waals surface area contributed by atoms with E-state index in [1.165, 1.54) is 5.56 Å². The quantitative estimate of drug-likeness (QED) is 0.776. The molecule has 3 N–H and O–H groups in total. The average molecular weight is 294 g/mol. The summed E-state index contributed by atoms with van der Waals surface area (Å²) in [4.78, 5) is 12.1. The van der Waals surface area contributed by atoms with E-state index in [0.717, 1.165) is 25.0 Å². The van der Waals surface area contributed by atoms with Gasteiger partial charge in [-0.2, -0.15) is 5.10 Å². The van der Waals surface area contributed by atoms with Crippen LogP contribution in [0.25, 0.3) is 0 Å². The van der Waals surface area contributed by atoms with Crippen LogP contribution in [-0.4, -0.2) is 33.6 Å². The van der Waals surface area contributed by atoms with E-state index in [1.807, 2.05) is 17.8 Å². The van der Waals surface area contributed by atoms with Crippen molar-refractivity contribution < 1.29 is 9.90 Å². The fraction of sp³-hybridized carbons (Fsp3) is 0.733.